The highest BCUT2D eigenvalue weighted by atomic mass is 19.1. The molecule has 3 aromatic heterocycles. The SMILES string of the molecule is COCCn1c(C)cn2c3c(=O)n(CC(=O)c4ccc(F)cc4)c(=O)n(C)c3nc12. The van der Waals surface area contributed by atoms with Gasteiger partial charge in [-0.1, -0.05) is 0 Å². The van der Waals surface area contributed by atoms with Crippen molar-refractivity contribution in [2.45, 2.75) is 20.0 Å². The number of imidazole rings is 2. The number of hydrogen-bond donors (Lipinski definition) is 0. The van der Waals surface area contributed by atoms with Gasteiger partial charge in [0.15, 0.2) is 16.9 Å². The highest BCUT2D eigenvalue weighted by molar-refractivity contribution is 5.96. The molecule has 0 atom stereocenters. The number of Topliss-reactive ketones (excluding diaryl/α,β-unsaturated/α-hetero) is 1. The van der Waals surface area contributed by atoms with E-state index in [0.717, 1.165) is 22.4 Å². The lowest BCUT2D eigenvalue weighted by Crippen LogP contribution is -2.41. The zero-order chi connectivity index (χ0) is 21.6. The summed E-state index contributed by atoms with van der Waals surface area (Å²) in [5.74, 6) is -0.437. The lowest BCUT2D eigenvalue weighted by molar-refractivity contribution is 0.0969. The molecule has 0 aliphatic heterocycles. The summed E-state index contributed by atoms with van der Waals surface area (Å²) in [6.45, 7) is 2.43. The lowest BCUT2D eigenvalue weighted by atomic mass is 10.1. The van der Waals surface area contributed by atoms with Crippen LogP contribution >= 0.6 is 0 Å². The number of halogens is 1. The standard InChI is InChI=1S/C20H20FN5O4/c1-12-10-25-16-17(22-19(25)24(12)8-9-30-3)23(2)20(29)26(18(16)28)11-15(27)13-4-6-14(21)7-5-13/h4-7,10H,8-9,11H2,1-3H3. The summed E-state index contributed by atoms with van der Waals surface area (Å²) in [6, 6.07) is 4.96. The van der Waals surface area contributed by atoms with Gasteiger partial charge in [0.05, 0.1) is 13.2 Å². The molecule has 0 spiro atoms. The van der Waals surface area contributed by atoms with Crippen LogP contribution in [0.2, 0.25) is 0 Å². The molecular weight excluding hydrogens is 393 g/mol. The van der Waals surface area contributed by atoms with Gasteiger partial charge in [0.1, 0.15) is 5.82 Å². The number of carbonyl (C=O) groups excluding carboxylic acids is 1. The first-order valence-electron chi connectivity index (χ1n) is 9.29. The number of carbonyl (C=O) groups is 1. The number of hydrogen-bond acceptors (Lipinski definition) is 5. The zero-order valence-corrected chi connectivity index (χ0v) is 16.8. The van der Waals surface area contributed by atoms with E-state index in [2.05, 4.69) is 4.98 Å². The number of methoxy groups -OCH3 is 1. The second kappa shape index (κ2) is 7.38. The molecule has 9 nitrogen and oxygen atoms in total. The molecule has 4 aromatic rings. The maximum absolute atomic E-state index is 13.2. The van der Waals surface area contributed by atoms with Crippen molar-refractivity contribution in [3.05, 3.63) is 68.4 Å². The van der Waals surface area contributed by atoms with Gasteiger partial charge < -0.3 is 9.30 Å². The molecule has 0 bridgehead atoms. The zero-order valence-electron chi connectivity index (χ0n) is 16.8. The third-order valence-electron chi connectivity index (χ3n) is 5.13. The van der Waals surface area contributed by atoms with Crippen LogP contribution in [0.5, 0.6) is 0 Å². The normalized spacial score (nSPS) is 11.6. The number of rotatable bonds is 6. The van der Waals surface area contributed by atoms with Gasteiger partial charge in [0, 0.05) is 38.2 Å². The number of ether oxygens (including phenoxy) is 1. The highest BCUT2D eigenvalue weighted by Gasteiger charge is 2.21. The molecule has 0 saturated heterocycles. The Bertz CT molecular complexity index is 1390. The van der Waals surface area contributed by atoms with Crippen LogP contribution < -0.4 is 11.2 Å². The third-order valence-corrected chi connectivity index (χ3v) is 5.13. The molecule has 0 fully saturated rings. The smallest absolute Gasteiger partial charge is 0.332 e. The fourth-order valence-corrected chi connectivity index (χ4v) is 3.52. The van der Waals surface area contributed by atoms with Crippen molar-refractivity contribution in [3.63, 3.8) is 0 Å². The molecule has 0 amide bonds. The molecule has 30 heavy (non-hydrogen) atoms. The fraction of sp³-hybridized carbons (Fsp3) is 0.300. The Balaban J connectivity index is 1.88. The maximum Gasteiger partial charge on any atom is 0.332 e. The van der Waals surface area contributed by atoms with Gasteiger partial charge in [-0.05, 0) is 31.2 Å². The molecule has 0 aliphatic rings. The summed E-state index contributed by atoms with van der Waals surface area (Å²) < 4.78 is 23.9. The molecule has 3 heterocycles. The van der Waals surface area contributed by atoms with Gasteiger partial charge in [-0.15, -0.1) is 0 Å². The van der Waals surface area contributed by atoms with E-state index in [4.69, 9.17) is 4.74 Å². The second-order valence-corrected chi connectivity index (χ2v) is 7.03. The fourth-order valence-electron chi connectivity index (χ4n) is 3.52. The first-order chi connectivity index (χ1) is 14.3. The Kier molecular flexibility index (Phi) is 4.86. The summed E-state index contributed by atoms with van der Waals surface area (Å²) >= 11 is 0. The van der Waals surface area contributed by atoms with Crippen LogP contribution in [-0.4, -0.2) is 42.6 Å². The van der Waals surface area contributed by atoms with Crippen LogP contribution in [0.1, 0.15) is 16.1 Å². The first-order valence-corrected chi connectivity index (χ1v) is 9.29. The van der Waals surface area contributed by atoms with Crippen LogP contribution in [-0.2, 0) is 24.9 Å². The Morgan fingerprint density at radius 3 is 2.53 bits per heavy atom. The van der Waals surface area contributed by atoms with E-state index in [1.54, 1.807) is 17.7 Å². The van der Waals surface area contributed by atoms with Crippen molar-refractivity contribution >= 4 is 22.7 Å². The van der Waals surface area contributed by atoms with E-state index in [1.165, 1.54) is 23.7 Å². The monoisotopic (exact) mass is 413 g/mol. The number of nitrogens with zero attached hydrogens (tertiary/aromatic N) is 5. The van der Waals surface area contributed by atoms with Gasteiger partial charge in [-0.25, -0.2) is 9.18 Å². The van der Waals surface area contributed by atoms with Crippen molar-refractivity contribution in [1.82, 2.24) is 23.1 Å². The first kappa shape index (κ1) is 19.8. The molecule has 10 heteroatoms. The van der Waals surface area contributed by atoms with Crippen LogP contribution in [0.4, 0.5) is 4.39 Å². The van der Waals surface area contributed by atoms with Crippen molar-refractivity contribution in [1.29, 1.82) is 0 Å². The predicted octanol–water partition coefficient (Wildman–Crippen LogP) is 1.13. The van der Waals surface area contributed by atoms with Gasteiger partial charge in [0.25, 0.3) is 5.56 Å². The van der Waals surface area contributed by atoms with Crippen LogP contribution in [0, 0.1) is 12.7 Å². The van der Waals surface area contributed by atoms with Crippen molar-refractivity contribution in [3.8, 4) is 0 Å². The van der Waals surface area contributed by atoms with E-state index in [1.807, 2.05) is 11.5 Å². The molecule has 0 saturated carbocycles. The minimum Gasteiger partial charge on any atom is -0.383 e. The maximum atomic E-state index is 13.2. The van der Waals surface area contributed by atoms with E-state index in [-0.39, 0.29) is 16.7 Å². The number of fused-ring (bicyclic) bond motifs is 3. The van der Waals surface area contributed by atoms with Gasteiger partial charge >= 0.3 is 5.69 Å². The van der Waals surface area contributed by atoms with Gasteiger partial charge in [-0.3, -0.25) is 23.1 Å². The predicted molar refractivity (Wildman–Crippen MR) is 108 cm³/mol. The molecule has 1 aromatic carbocycles. The van der Waals surface area contributed by atoms with E-state index >= 15 is 0 Å². The van der Waals surface area contributed by atoms with Crippen molar-refractivity contribution < 1.29 is 13.9 Å². The van der Waals surface area contributed by atoms with E-state index < -0.39 is 29.4 Å². The minimum atomic E-state index is -0.649. The average molecular weight is 413 g/mol. The Labute approximate surface area is 169 Å². The summed E-state index contributed by atoms with van der Waals surface area (Å²) in [4.78, 5) is 43.0. The van der Waals surface area contributed by atoms with Crippen molar-refractivity contribution in [2.24, 2.45) is 7.05 Å². The summed E-state index contributed by atoms with van der Waals surface area (Å²) in [7, 11) is 3.10. The molecule has 0 aliphatic carbocycles. The van der Waals surface area contributed by atoms with E-state index in [9.17, 15) is 18.8 Å². The number of aromatic nitrogens is 5. The average Bonchev–Trinajstić information content (AvgIpc) is 3.23. The highest BCUT2D eigenvalue weighted by Crippen LogP contribution is 2.16. The molecule has 0 unspecified atom stereocenters. The van der Waals surface area contributed by atoms with E-state index in [0.29, 0.717) is 18.9 Å². The summed E-state index contributed by atoms with van der Waals surface area (Å²) in [6.07, 6.45) is 1.76. The number of ketones is 1. The molecule has 156 valence electrons. The number of aryl methyl sites for hydroxylation is 2. The van der Waals surface area contributed by atoms with Crippen LogP contribution in [0.3, 0.4) is 0 Å². The molecule has 0 radical (unpaired) electrons. The lowest BCUT2D eigenvalue weighted by Gasteiger charge is -2.07. The number of benzene rings is 1. The second-order valence-electron chi connectivity index (χ2n) is 7.03. The van der Waals surface area contributed by atoms with Gasteiger partial charge in [0.2, 0.25) is 5.78 Å². The summed E-state index contributed by atoms with van der Waals surface area (Å²) in [5.41, 5.74) is 0.267. The summed E-state index contributed by atoms with van der Waals surface area (Å²) in [5, 5.41) is 0. The molecule has 4 rings (SSSR count). The minimum absolute atomic E-state index is 0.207. The molecular formula is C20H20FN5O4. The van der Waals surface area contributed by atoms with Crippen LogP contribution in [0.15, 0.2) is 40.1 Å². The topological polar surface area (TPSA) is 92.5 Å². The quantitative estimate of drug-likeness (QED) is 0.442. The Morgan fingerprint density at radius 2 is 1.87 bits per heavy atom. The van der Waals surface area contributed by atoms with Gasteiger partial charge in [-0.2, -0.15) is 4.98 Å². The third kappa shape index (κ3) is 3.05. The largest absolute Gasteiger partial charge is 0.383 e. The van der Waals surface area contributed by atoms with Crippen molar-refractivity contribution in [2.75, 3.05) is 13.7 Å². The Hall–Kier alpha value is -3.53. The van der Waals surface area contributed by atoms with Crippen LogP contribution in [0.25, 0.3) is 16.9 Å². The molecule has 0 N–H and O–H groups in total. The Morgan fingerprint density at radius 1 is 1.17 bits per heavy atom.